The maximum Gasteiger partial charge on any atom is 0.410 e. The molecule has 1 amide bonds. The van der Waals surface area contributed by atoms with Gasteiger partial charge in [0.05, 0.1) is 18.8 Å². The Kier molecular flexibility index (Phi) is 7.93. The summed E-state index contributed by atoms with van der Waals surface area (Å²) in [6, 6.07) is 13.7. The van der Waals surface area contributed by atoms with Crippen LogP contribution in [0, 0.1) is 0 Å². The Bertz CT molecular complexity index is 911. The van der Waals surface area contributed by atoms with E-state index in [-0.39, 0.29) is 12.1 Å². The highest BCUT2D eigenvalue weighted by atomic mass is 79.9. The number of methoxy groups -OCH3 is 1. The van der Waals surface area contributed by atoms with E-state index in [0.717, 1.165) is 59.9 Å². The number of carbonyl (C=O) groups excluding carboxylic acids is 1. The number of hydrogen-bond acceptors (Lipinski definition) is 5. The minimum atomic E-state index is -0.500. The Labute approximate surface area is 199 Å². The SMILES string of the molecule is CCN(C[C@@H]1CCCN1C(=O)OC(C)(C)C)c1ccc(Br)cc1Oc1ccc(OC)cc1. The number of ether oxygens (including phenoxy) is 3. The molecule has 0 aromatic heterocycles. The van der Waals surface area contributed by atoms with Crippen LogP contribution in [0.1, 0.15) is 40.5 Å². The van der Waals surface area contributed by atoms with Crippen LogP contribution in [0.2, 0.25) is 0 Å². The van der Waals surface area contributed by atoms with Crippen LogP contribution in [-0.2, 0) is 4.74 Å². The van der Waals surface area contributed by atoms with Crippen molar-refractivity contribution in [2.45, 2.75) is 52.2 Å². The van der Waals surface area contributed by atoms with Gasteiger partial charge >= 0.3 is 6.09 Å². The van der Waals surface area contributed by atoms with Gasteiger partial charge in [0.25, 0.3) is 0 Å². The normalized spacial score (nSPS) is 16.1. The number of hydrogen-bond donors (Lipinski definition) is 0. The maximum absolute atomic E-state index is 12.7. The zero-order chi connectivity index (χ0) is 23.3. The first-order valence-corrected chi connectivity index (χ1v) is 11.9. The van der Waals surface area contributed by atoms with Gasteiger partial charge in [-0.25, -0.2) is 4.79 Å². The van der Waals surface area contributed by atoms with Crippen LogP contribution >= 0.6 is 15.9 Å². The van der Waals surface area contributed by atoms with Gasteiger partial charge in [-0.3, -0.25) is 0 Å². The number of nitrogens with zero attached hydrogens (tertiary/aromatic N) is 2. The molecule has 174 valence electrons. The quantitative estimate of drug-likeness (QED) is 0.432. The maximum atomic E-state index is 12.7. The van der Waals surface area contributed by atoms with Gasteiger partial charge in [-0.05, 0) is 83.0 Å². The summed E-state index contributed by atoms with van der Waals surface area (Å²) in [4.78, 5) is 16.9. The Morgan fingerprint density at radius 2 is 1.84 bits per heavy atom. The number of anilines is 1. The number of rotatable bonds is 7. The second-order valence-corrected chi connectivity index (χ2v) is 9.81. The summed E-state index contributed by atoms with van der Waals surface area (Å²) in [6.45, 7) is 10.1. The Hall–Kier alpha value is -2.41. The van der Waals surface area contributed by atoms with Crippen LogP contribution in [0.5, 0.6) is 17.2 Å². The molecule has 32 heavy (non-hydrogen) atoms. The molecule has 0 spiro atoms. The molecule has 0 bridgehead atoms. The van der Waals surface area contributed by atoms with E-state index in [1.807, 2.05) is 62.1 Å². The van der Waals surface area contributed by atoms with E-state index in [1.165, 1.54) is 0 Å². The van der Waals surface area contributed by atoms with Crippen molar-refractivity contribution in [1.82, 2.24) is 4.90 Å². The smallest absolute Gasteiger partial charge is 0.410 e. The summed E-state index contributed by atoms with van der Waals surface area (Å²) in [5, 5.41) is 0. The summed E-state index contributed by atoms with van der Waals surface area (Å²) in [7, 11) is 1.64. The number of likely N-dealkylation sites (tertiary alicyclic amines) is 1. The topological polar surface area (TPSA) is 51.2 Å². The van der Waals surface area contributed by atoms with Crippen molar-refractivity contribution in [2.24, 2.45) is 0 Å². The van der Waals surface area contributed by atoms with Gasteiger partial charge in [-0.2, -0.15) is 0 Å². The lowest BCUT2D eigenvalue weighted by Crippen LogP contribution is -2.45. The van der Waals surface area contributed by atoms with Gasteiger partial charge in [0, 0.05) is 24.1 Å². The third-order valence-electron chi connectivity index (χ3n) is 5.37. The Balaban J connectivity index is 1.79. The number of carbonyl (C=O) groups is 1. The molecule has 2 aromatic rings. The minimum Gasteiger partial charge on any atom is -0.497 e. The van der Waals surface area contributed by atoms with Crippen LogP contribution in [0.4, 0.5) is 10.5 Å². The lowest BCUT2D eigenvalue weighted by molar-refractivity contribution is 0.0231. The van der Waals surface area contributed by atoms with E-state index < -0.39 is 5.60 Å². The van der Waals surface area contributed by atoms with E-state index in [9.17, 15) is 4.79 Å². The van der Waals surface area contributed by atoms with Gasteiger partial charge < -0.3 is 24.0 Å². The fourth-order valence-electron chi connectivity index (χ4n) is 3.84. The van der Waals surface area contributed by atoms with Crippen molar-refractivity contribution >= 4 is 27.7 Å². The highest BCUT2D eigenvalue weighted by Crippen LogP contribution is 2.36. The van der Waals surface area contributed by atoms with E-state index in [2.05, 4.69) is 33.8 Å². The van der Waals surface area contributed by atoms with E-state index in [0.29, 0.717) is 0 Å². The zero-order valence-electron chi connectivity index (χ0n) is 19.6. The van der Waals surface area contributed by atoms with Gasteiger partial charge in [0.1, 0.15) is 17.1 Å². The fraction of sp³-hybridized carbons (Fsp3) is 0.480. The molecule has 0 N–H and O–H groups in total. The second-order valence-electron chi connectivity index (χ2n) is 8.90. The predicted octanol–water partition coefficient (Wildman–Crippen LogP) is 6.48. The lowest BCUT2D eigenvalue weighted by Gasteiger charge is -2.33. The van der Waals surface area contributed by atoms with Crippen molar-refractivity contribution in [3.8, 4) is 17.2 Å². The fourth-order valence-corrected chi connectivity index (χ4v) is 4.18. The molecule has 1 aliphatic rings. The summed E-state index contributed by atoms with van der Waals surface area (Å²) in [6.07, 6.45) is 1.71. The van der Waals surface area contributed by atoms with Gasteiger partial charge in [-0.1, -0.05) is 15.9 Å². The number of amides is 1. The predicted molar refractivity (Wildman–Crippen MR) is 131 cm³/mol. The van der Waals surface area contributed by atoms with Gasteiger partial charge in [0.2, 0.25) is 0 Å². The molecule has 1 atom stereocenters. The second kappa shape index (κ2) is 10.5. The molecule has 2 aromatic carbocycles. The van der Waals surface area contributed by atoms with Gasteiger partial charge in [-0.15, -0.1) is 0 Å². The lowest BCUT2D eigenvalue weighted by atomic mass is 10.1. The molecule has 1 saturated heterocycles. The van der Waals surface area contributed by atoms with Crippen molar-refractivity contribution in [3.63, 3.8) is 0 Å². The van der Waals surface area contributed by atoms with E-state index in [4.69, 9.17) is 14.2 Å². The molecule has 1 heterocycles. The summed E-state index contributed by atoms with van der Waals surface area (Å²) in [5.41, 5.74) is 0.488. The van der Waals surface area contributed by atoms with Crippen LogP contribution < -0.4 is 14.4 Å². The number of benzene rings is 2. The van der Waals surface area contributed by atoms with Crippen molar-refractivity contribution < 1.29 is 19.0 Å². The third-order valence-corrected chi connectivity index (χ3v) is 5.86. The van der Waals surface area contributed by atoms with Crippen LogP contribution in [0.3, 0.4) is 0 Å². The molecule has 0 unspecified atom stereocenters. The molecule has 0 radical (unpaired) electrons. The first kappa shape index (κ1) is 24.2. The molecule has 1 fully saturated rings. The van der Waals surface area contributed by atoms with Crippen molar-refractivity contribution in [1.29, 1.82) is 0 Å². The molecule has 1 aliphatic heterocycles. The van der Waals surface area contributed by atoms with Crippen LogP contribution in [0.15, 0.2) is 46.9 Å². The molecule has 3 rings (SSSR count). The van der Waals surface area contributed by atoms with Gasteiger partial charge in [0.15, 0.2) is 5.75 Å². The van der Waals surface area contributed by atoms with E-state index in [1.54, 1.807) is 7.11 Å². The first-order chi connectivity index (χ1) is 15.2. The average Bonchev–Trinajstić information content (AvgIpc) is 3.20. The molecule has 7 heteroatoms. The molecule has 0 saturated carbocycles. The number of halogens is 1. The van der Waals surface area contributed by atoms with Crippen molar-refractivity contribution in [3.05, 3.63) is 46.9 Å². The monoisotopic (exact) mass is 504 g/mol. The van der Waals surface area contributed by atoms with Crippen LogP contribution in [-0.4, -0.2) is 49.4 Å². The third kappa shape index (κ3) is 6.31. The molecule has 0 aliphatic carbocycles. The minimum absolute atomic E-state index is 0.0993. The van der Waals surface area contributed by atoms with Crippen molar-refractivity contribution in [2.75, 3.05) is 31.6 Å². The number of likely N-dealkylation sites (N-methyl/N-ethyl adjacent to an activating group) is 1. The zero-order valence-corrected chi connectivity index (χ0v) is 21.1. The highest BCUT2D eigenvalue weighted by Gasteiger charge is 2.33. The average molecular weight is 505 g/mol. The standard InChI is InChI=1S/C25H33BrN2O4/c1-6-27(17-19-8-7-15-28(19)24(29)32-25(2,3)4)22-14-9-18(26)16-23(22)31-21-12-10-20(30-5)11-13-21/h9-14,16,19H,6-8,15,17H2,1-5H3/t19-/m0/s1. The summed E-state index contributed by atoms with van der Waals surface area (Å²) < 4.78 is 18.1. The van der Waals surface area contributed by atoms with E-state index >= 15 is 0 Å². The largest absolute Gasteiger partial charge is 0.497 e. The highest BCUT2D eigenvalue weighted by molar-refractivity contribution is 9.10. The molecular formula is C25H33BrN2O4. The Morgan fingerprint density at radius 3 is 2.47 bits per heavy atom. The summed E-state index contributed by atoms with van der Waals surface area (Å²) in [5.74, 6) is 2.27. The molecular weight excluding hydrogens is 472 g/mol. The first-order valence-electron chi connectivity index (χ1n) is 11.1. The molecule has 6 nitrogen and oxygen atoms in total. The summed E-state index contributed by atoms with van der Waals surface area (Å²) >= 11 is 3.56. The Morgan fingerprint density at radius 1 is 1.16 bits per heavy atom. The van der Waals surface area contributed by atoms with Crippen LogP contribution in [0.25, 0.3) is 0 Å².